The van der Waals surface area contributed by atoms with Gasteiger partial charge in [-0.2, -0.15) is 0 Å². The summed E-state index contributed by atoms with van der Waals surface area (Å²) in [6, 6.07) is 8.32. The Hall–Kier alpha value is -3.65. The van der Waals surface area contributed by atoms with Gasteiger partial charge in [0.05, 0.1) is 17.1 Å². The average molecular weight is 413 g/mol. The Bertz CT molecular complexity index is 1260. The van der Waals surface area contributed by atoms with E-state index in [-0.39, 0.29) is 0 Å². The van der Waals surface area contributed by atoms with E-state index in [2.05, 4.69) is 64.5 Å². The summed E-state index contributed by atoms with van der Waals surface area (Å²) in [5.74, 6) is 1.39. The van der Waals surface area contributed by atoms with Gasteiger partial charge in [0, 0.05) is 75.2 Å². The number of aromatic nitrogens is 5. The molecule has 0 unspecified atom stereocenters. The number of anilines is 1. The van der Waals surface area contributed by atoms with Gasteiger partial charge in [0.25, 0.3) is 0 Å². The van der Waals surface area contributed by atoms with E-state index in [0.717, 1.165) is 59.5 Å². The van der Waals surface area contributed by atoms with E-state index >= 15 is 0 Å². The maximum atomic E-state index is 4.66. The Morgan fingerprint density at radius 3 is 2.39 bits per heavy atom. The summed E-state index contributed by atoms with van der Waals surface area (Å²) in [6.45, 7) is 3.99. The quantitative estimate of drug-likeness (QED) is 0.514. The molecule has 0 radical (unpaired) electrons. The predicted octanol–water partition coefficient (Wildman–Crippen LogP) is 2.41. The molecular formula is C23H24N8. The van der Waals surface area contributed by atoms with Crippen LogP contribution in [0.15, 0.2) is 66.4 Å². The molecule has 1 saturated heterocycles. The Morgan fingerprint density at radius 1 is 0.839 bits per heavy atom. The van der Waals surface area contributed by atoms with Crippen LogP contribution in [0.4, 0.5) is 11.8 Å². The summed E-state index contributed by atoms with van der Waals surface area (Å²) >= 11 is 0. The first-order chi connectivity index (χ1) is 15.2. The number of piperazine rings is 1. The maximum absolute atomic E-state index is 4.66. The lowest BCUT2D eigenvalue weighted by molar-refractivity contribution is 0.311. The van der Waals surface area contributed by atoms with Crippen molar-refractivity contribution in [3.63, 3.8) is 0 Å². The lowest BCUT2D eigenvalue weighted by atomic mass is 10.1. The molecule has 1 aliphatic rings. The molecule has 1 aromatic carbocycles. The predicted molar refractivity (Wildman–Crippen MR) is 121 cm³/mol. The second-order valence-electron chi connectivity index (χ2n) is 7.78. The number of likely N-dealkylation sites (N-methyl/N-ethyl adjacent to an activating group) is 1. The molecule has 8 nitrogen and oxygen atoms in total. The van der Waals surface area contributed by atoms with Crippen molar-refractivity contribution in [2.24, 2.45) is 12.0 Å². The molecule has 0 aliphatic carbocycles. The highest BCUT2D eigenvalue weighted by Gasteiger charge is 2.16. The molecule has 0 saturated carbocycles. The zero-order chi connectivity index (χ0) is 21.2. The second kappa shape index (κ2) is 8.23. The molecule has 31 heavy (non-hydrogen) atoms. The van der Waals surface area contributed by atoms with Crippen molar-refractivity contribution in [3.8, 4) is 11.1 Å². The van der Waals surface area contributed by atoms with Gasteiger partial charge in [0.15, 0.2) is 5.82 Å². The molecule has 0 bridgehead atoms. The minimum absolute atomic E-state index is 0.592. The van der Waals surface area contributed by atoms with Crippen LogP contribution >= 0.6 is 0 Å². The third kappa shape index (κ3) is 4.02. The minimum atomic E-state index is 0.592. The van der Waals surface area contributed by atoms with E-state index in [0.29, 0.717) is 5.82 Å². The van der Waals surface area contributed by atoms with E-state index in [9.17, 15) is 0 Å². The molecule has 0 spiro atoms. The molecule has 4 heterocycles. The van der Waals surface area contributed by atoms with Gasteiger partial charge < -0.3 is 14.4 Å². The monoisotopic (exact) mass is 412 g/mol. The molecule has 1 aliphatic heterocycles. The van der Waals surface area contributed by atoms with Crippen LogP contribution in [0.2, 0.25) is 0 Å². The largest absolute Gasteiger partial charge is 0.350 e. The average Bonchev–Trinajstić information content (AvgIpc) is 2.82. The lowest BCUT2D eigenvalue weighted by Gasteiger charge is -2.32. The lowest BCUT2D eigenvalue weighted by Crippen LogP contribution is -2.45. The van der Waals surface area contributed by atoms with Gasteiger partial charge in [0.2, 0.25) is 5.95 Å². The number of nitrogens with zero attached hydrogens (tertiary/aromatic N) is 8. The van der Waals surface area contributed by atoms with E-state index in [1.807, 2.05) is 31.7 Å². The highest BCUT2D eigenvalue weighted by atomic mass is 15.3. The van der Waals surface area contributed by atoms with E-state index in [1.165, 1.54) is 0 Å². The van der Waals surface area contributed by atoms with Gasteiger partial charge in [-0.15, -0.1) is 0 Å². The number of aryl methyl sites for hydroxylation is 1. The van der Waals surface area contributed by atoms with E-state index in [1.54, 1.807) is 18.6 Å². The molecule has 8 heteroatoms. The first kappa shape index (κ1) is 19.3. The smallest absolute Gasteiger partial charge is 0.225 e. The molecular weight excluding hydrogens is 388 g/mol. The summed E-state index contributed by atoms with van der Waals surface area (Å²) in [5, 5.41) is 1.91. The van der Waals surface area contributed by atoms with Crippen molar-refractivity contribution in [1.82, 2.24) is 29.4 Å². The van der Waals surface area contributed by atoms with E-state index < -0.39 is 0 Å². The molecule has 3 aromatic heterocycles. The first-order valence-electron chi connectivity index (χ1n) is 10.3. The highest BCUT2D eigenvalue weighted by Crippen LogP contribution is 2.23. The number of hydrogen-bond donors (Lipinski definition) is 0. The maximum Gasteiger partial charge on any atom is 0.225 e. The van der Waals surface area contributed by atoms with Crippen molar-refractivity contribution < 1.29 is 0 Å². The molecule has 1 fully saturated rings. The molecule has 156 valence electrons. The molecule has 4 aromatic rings. The molecule has 5 rings (SSSR count). The number of rotatable bonds is 3. The zero-order valence-electron chi connectivity index (χ0n) is 17.7. The SMILES string of the molecule is CN1CCN(c2ncc(-c3ccc4c(=Nc5cnccn5)ccn(C)c4c3)cn2)CC1. The van der Waals surface area contributed by atoms with Crippen LogP contribution in [0.1, 0.15) is 0 Å². The summed E-state index contributed by atoms with van der Waals surface area (Å²) in [4.78, 5) is 26.9. The normalized spacial score (nSPS) is 15.5. The van der Waals surface area contributed by atoms with Crippen LogP contribution in [0.25, 0.3) is 22.0 Å². The van der Waals surface area contributed by atoms with Crippen molar-refractivity contribution in [1.29, 1.82) is 0 Å². The van der Waals surface area contributed by atoms with Crippen molar-refractivity contribution in [3.05, 3.63) is 66.8 Å². The summed E-state index contributed by atoms with van der Waals surface area (Å²) < 4.78 is 2.09. The highest BCUT2D eigenvalue weighted by molar-refractivity contribution is 5.84. The Balaban J connectivity index is 1.49. The second-order valence-corrected chi connectivity index (χ2v) is 7.78. The van der Waals surface area contributed by atoms with Crippen LogP contribution in [-0.4, -0.2) is 62.6 Å². The fourth-order valence-corrected chi connectivity index (χ4v) is 3.78. The van der Waals surface area contributed by atoms with Crippen LogP contribution in [0.5, 0.6) is 0 Å². The van der Waals surface area contributed by atoms with Gasteiger partial charge in [-0.05, 0) is 24.7 Å². The minimum Gasteiger partial charge on any atom is -0.350 e. The third-order valence-electron chi connectivity index (χ3n) is 5.65. The molecule has 0 amide bonds. The van der Waals surface area contributed by atoms with Crippen LogP contribution in [0.3, 0.4) is 0 Å². The Morgan fingerprint density at radius 2 is 1.65 bits per heavy atom. The number of pyridine rings is 1. The first-order valence-corrected chi connectivity index (χ1v) is 10.3. The fraction of sp³-hybridized carbons (Fsp3) is 0.261. The van der Waals surface area contributed by atoms with Gasteiger partial charge in [-0.3, -0.25) is 4.98 Å². The standard InChI is InChI=1S/C23H24N8/c1-29-9-11-31(12-10-29)23-26-14-18(15-27-23)17-3-4-19-20(5-8-30(2)21(19)13-17)28-22-16-24-6-7-25-22/h3-8,13-16H,9-12H2,1-2H3. The summed E-state index contributed by atoms with van der Waals surface area (Å²) in [5.41, 5.74) is 3.14. The Kier molecular flexibility index (Phi) is 5.13. The van der Waals surface area contributed by atoms with Crippen LogP contribution < -0.4 is 10.3 Å². The van der Waals surface area contributed by atoms with Crippen molar-refractivity contribution in [2.75, 3.05) is 38.1 Å². The number of fused-ring (bicyclic) bond motifs is 1. The number of hydrogen-bond acceptors (Lipinski definition) is 7. The number of benzene rings is 1. The van der Waals surface area contributed by atoms with Crippen molar-refractivity contribution >= 4 is 22.7 Å². The fourth-order valence-electron chi connectivity index (χ4n) is 3.78. The van der Waals surface area contributed by atoms with Crippen molar-refractivity contribution in [2.45, 2.75) is 0 Å². The van der Waals surface area contributed by atoms with Crippen LogP contribution in [0, 0.1) is 0 Å². The van der Waals surface area contributed by atoms with Gasteiger partial charge in [0.1, 0.15) is 0 Å². The summed E-state index contributed by atoms with van der Waals surface area (Å²) in [7, 11) is 4.18. The van der Waals surface area contributed by atoms with Gasteiger partial charge in [-0.25, -0.2) is 19.9 Å². The zero-order valence-corrected chi connectivity index (χ0v) is 17.7. The molecule has 0 N–H and O–H groups in total. The van der Waals surface area contributed by atoms with E-state index in [4.69, 9.17) is 0 Å². The van der Waals surface area contributed by atoms with Gasteiger partial charge in [-0.1, -0.05) is 12.1 Å². The summed E-state index contributed by atoms with van der Waals surface area (Å²) in [6.07, 6.45) is 10.8. The third-order valence-corrected chi connectivity index (χ3v) is 5.65. The topological polar surface area (TPSA) is 75.3 Å². The molecule has 0 atom stereocenters. The van der Waals surface area contributed by atoms with Gasteiger partial charge >= 0.3 is 0 Å². The Labute approximate surface area is 180 Å². The van der Waals surface area contributed by atoms with Crippen LogP contribution in [-0.2, 0) is 7.05 Å².